The largest absolute Gasteiger partial charge is 0.452 e. The van der Waals surface area contributed by atoms with Crippen LogP contribution >= 0.6 is 11.6 Å². The summed E-state index contributed by atoms with van der Waals surface area (Å²) in [7, 11) is -3.85. The number of hydrogen-bond acceptors (Lipinski definition) is 6. The van der Waals surface area contributed by atoms with Crippen molar-refractivity contribution in [3.05, 3.63) is 59.1 Å². The molecular weight excluding hydrogens is 466 g/mol. The topological polar surface area (TPSA) is 108 Å². The SMILES string of the molecule is N#CCCN(C(=O)COC(=O)c1ccc(Cl)c(S(=O)(=O)N2CCCCC2)c1)c1ccccc1. The van der Waals surface area contributed by atoms with Crippen LogP contribution in [0.2, 0.25) is 5.02 Å². The summed E-state index contributed by atoms with van der Waals surface area (Å²) in [6, 6.07) is 14.6. The van der Waals surface area contributed by atoms with Crippen molar-refractivity contribution in [1.29, 1.82) is 5.26 Å². The van der Waals surface area contributed by atoms with E-state index in [1.54, 1.807) is 30.3 Å². The first-order chi connectivity index (χ1) is 15.8. The van der Waals surface area contributed by atoms with E-state index in [0.717, 1.165) is 19.3 Å². The first-order valence-electron chi connectivity index (χ1n) is 10.5. The molecule has 0 radical (unpaired) electrons. The first kappa shape index (κ1) is 24.7. The van der Waals surface area contributed by atoms with Crippen LogP contribution in [0.4, 0.5) is 5.69 Å². The number of hydrogen-bond donors (Lipinski definition) is 0. The van der Waals surface area contributed by atoms with Crippen molar-refractivity contribution >= 4 is 39.2 Å². The molecule has 1 fully saturated rings. The number of nitriles is 1. The summed E-state index contributed by atoms with van der Waals surface area (Å²) < 4.78 is 32.5. The number of sulfonamides is 1. The van der Waals surface area contributed by atoms with Crippen LogP contribution in [0, 0.1) is 11.3 Å². The molecule has 0 spiro atoms. The van der Waals surface area contributed by atoms with Gasteiger partial charge in [-0.15, -0.1) is 0 Å². The van der Waals surface area contributed by atoms with Crippen molar-refractivity contribution in [3.63, 3.8) is 0 Å². The molecule has 33 heavy (non-hydrogen) atoms. The number of rotatable bonds is 8. The smallest absolute Gasteiger partial charge is 0.338 e. The van der Waals surface area contributed by atoms with Gasteiger partial charge in [0, 0.05) is 25.3 Å². The molecule has 1 amide bonds. The number of para-hydroxylation sites is 1. The number of benzene rings is 2. The Morgan fingerprint density at radius 3 is 2.45 bits per heavy atom. The van der Waals surface area contributed by atoms with Gasteiger partial charge in [-0.2, -0.15) is 9.57 Å². The van der Waals surface area contributed by atoms with E-state index < -0.39 is 28.5 Å². The van der Waals surface area contributed by atoms with Crippen LogP contribution < -0.4 is 4.90 Å². The number of carbonyl (C=O) groups excluding carboxylic acids is 2. The predicted octanol–water partition coefficient (Wildman–Crippen LogP) is 3.62. The van der Waals surface area contributed by atoms with Gasteiger partial charge in [0.15, 0.2) is 6.61 Å². The maximum atomic E-state index is 13.0. The molecule has 8 nitrogen and oxygen atoms in total. The van der Waals surface area contributed by atoms with Gasteiger partial charge in [-0.1, -0.05) is 36.2 Å². The number of anilines is 1. The Bertz CT molecular complexity index is 1140. The Kier molecular flexibility index (Phi) is 8.44. The van der Waals surface area contributed by atoms with Crippen LogP contribution in [0.15, 0.2) is 53.4 Å². The van der Waals surface area contributed by atoms with E-state index in [-0.39, 0.29) is 28.4 Å². The molecule has 0 saturated carbocycles. The Hall–Kier alpha value is -2.93. The van der Waals surface area contributed by atoms with Gasteiger partial charge in [0.2, 0.25) is 10.0 Å². The van der Waals surface area contributed by atoms with Gasteiger partial charge in [0.25, 0.3) is 5.91 Å². The Morgan fingerprint density at radius 1 is 1.09 bits per heavy atom. The van der Waals surface area contributed by atoms with Crippen LogP contribution in [0.3, 0.4) is 0 Å². The number of amides is 1. The van der Waals surface area contributed by atoms with Crippen molar-refractivity contribution in [2.24, 2.45) is 0 Å². The lowest BCUT2D eigenvalue weighted by atomic mass is 10.2. The predicted molar refractivity (Wildman–Crippen MR) is 123 cm³/mol. The molecule has 1 aliphatic rings. The average molecular weight is 490 g/mol. The lowest BCUT2D eigenvalue weighted by molar-refractivity contribution is -0.121. The summed E-state index contributed by atoms with van der Waals surface area (Å²) in [6.07, 6.45) is 2.62. The fourth-order valence-electron chi connectivity index (χ4n) is 3.53. The maximum absolute atomic E-state index is 13.0. The van der Waals surface area contributed by atoms with Crippen LogP contribution in [-0.4, -0.2) is 50.8 Å². The van der Waals surface area contributed by atoms with Gasteiger partial charge in [-0.05, 0) is 43.2 Å². The third-order valence-electron chi connectivity index (χ3n) is 5.24. The molecule has 0 aliphatic carbocycles. The monoisotopic (exact) mass is 489 g/mol. The summed E-state index contributed by atoms with van der Waals surface area (Å²) in [5.74, 6) is -1.34. The highest BCUT2D eigenvalue weighted by atomic mass is 35.5. The van der Waals surface area contributed by atoms with E-state index in [0.29, 0.717) is 18.8 Å². The van der Waals surface area contributed by atoms with Gasteiger partial charge >= 0.3 is 5.97 Å². The maximum Gasteiger partial charge on any atom is 0.338 e. The van der Waals surface area contributed by atoms with E-state index in [2.05, 4.69) is 0 Å². The summed E-state index contributed by atoms with van der Waals surface area (Å²) in [4.78, 5) is 26.5. The third-order valence-corrected chi connectivity index (χ3v) is 7.62. The zero-order valence-corrected chi connectivity index (χ0v) is 19.5. The van der Waals surface area contributed by atoms with Crippen LogP contribution in [0.25, 0.3) is 0 Å². The zero-order chi connectivity index (χ0) is 23.8. The second kappa shape index (κ2) is 11.3. The van der Waals surface area contributed by atoms with Gasteiger partial charge in [0.1, 0.15) is 4.90 Å². The molecule has 0 unspecified atom stereocenters. The van der Waals surface area contributed by atoms with E-state index >= 15 is 0 Å². The van der Waals surface area contributed by atoms with E-state index in [4.69, 9.17) is 21.6 Å². The molecule has 0 atom stereocenters. The molecule has 1 saturated heterocycles. The highest BCUT2D eigenvalue weighted by Crippen LogP contribution is 2.28. The minimum atomic E-state index is -3.85. The van der Waals surface area contributed by atoms with Gasteiger partial charge < -0.3 is 9.64 Å². The number of esters is 1. The summed E-state index contributed by atoms with van der Waals surface area (Å²) >= 11 is 6.14. The molecule has 3 rings (SSSR count). The number of carbonyl (C=O) groups is 2. The Morgan fingerprint density at radius 2 is 1.79 bits per heavy atom. The van der Waals surface area contributed by atoms with Crippen molar-refractivity contribution in [3.8, 4) is 6.07 Å². The normalized spacial score (nSPS) is 14.3. The standard InChI is InChI=1S/C23H24ClN3O5S/c24-20-11-10-18(16-21(20)33(30,31)26-13-5-2-6-14-26)23(29)32-17-22(28)27(15-7-12-25)19-8-3-1-4-9-19/h1,3-4,8-11,16H,2,5-7,13-15,17H2. The van der Waals surface area contributed by atoms with Crippen molar-refractivity contribution in [2.45, 2.75) is 30.6 Å². The second-order valence-electron chi connectivity index (χ2n) is 7.48. The van der Waals surface area contributed by atoms with Crippen LogP contribution in [0.5, 0.6) is 0 Å². The summed E-state index contributed by atoms with van der Waals surface area (Å²) in [6.45, 7) is 0.395. The molecule has 2 aromatic carbocycles. The minimum Gasteiger partial charge on any atom is -0.452 e. The Labute approximate surface area is 198 Å². The average Bonchev–Trinajstić information content (AvgIpc) is 2.84. The molecule has 2 aromatic rings. The van der Waals surface area contributed by atoms with Gasteiger partial charge in [-0.25, -0.2) is 13.2 Å². The van der Waals surface area contributed by atoms with E-state index in [1.807, 2.05) is 6.07 Å². The van der Waals surface area contributed by atoms with Crippen LogP contribution in [-0.2, 0) is 19.6 Å². The number of piperidine rings is 1. The minimum absolute atomic E-state index is 0.0138. The molecule has 1 heterocycles. The van der Waals surface area contributed by atoms with E-state index in [9.17, 15) is 18.0 Å². The quantitative estimate of drug-likeness (QED) is 0.524. The number of ether oxygens (including phenoxy) is 1. The highest BCUT2D eigenvalue weighted by Gasteiger charge is 2.29. The molecule has 0 bridgehead atoms. The molecule has 1 aliphatic heterocycles. The third kappa shape index (κ3) is 6.11. The lowest BCUT2D eigenvalue weighted by Gasteiger charge is -2.26. The molecular formula is C23H24ClN3O5S. The highest BCUT2D eigenvalue weighted by molar-refractivity contribution is 7.89. The zero-order valence-electron chi connectivity index (χ0n) is 17.9. The number of halogens is 1. The molecule has 0 aromatic heterocycles. The van der Waals surface area contributed by atoms with Crippen molar-refractivity contribution < 1.29 is 22.7 Å². The molecule has 0 N–H and O–H groups in total. The first-order valence-corrected chi connectivity index (χ1v) is 12.4. The van der Waals surface area contributed by atoms with Crippen molar-refractivity contribution in [1.82, 2.24) is 4.31 Å². The second-order valence-corrected chi connectivity index (χ2v) is 9.79. The van der Waals surface area contributed by atoms with Crippen LogP contribution in [0.1, 0.15) is 36.0 Å². The fourth-order valence-corrected chi connectivity index (χ4v) is 5.55. The Balaban J connectivity index is 1.73. The van der Waals surface area contributed by atoms with Crippen molar-refractivity contribution in [2.75, 3.05) is 31.1 Å². The van der Waals surface area contributed by atoms with E-state index in [1.165, 1.54) is 27.4 Å². The van der Waals surface area contributed by atoms with Gasteiger partial charge in [0.05, 0.1) is 23.1 Å². The number of nitrogens with zero attached hydrogens (tertiary/aromatic N) is 3. The summed E-state index contributed by atoms with van der Waals surface area (Å²) in [5.41, 5.74) is 0.557. The molecule has 10 heteroatoms. The summed E-state index contributed by atoms with van der Waals surface area (Å²) in [5, 5.41) is 8.90. The lowest BCUT2D eigenvalue weighted by Crippen LogP contribution is -2.36. The van der Waals surface area contributed by atoms with Gasteiger partial charge in [-0.3, -0.25) is 4.79 Å². The fraction of sp³-hybridized carbons (Fsp3) is 0.348. The molecule has 174 valence electrons.